The molecule has 2 aromatic heterocycles. The van der Waals surface area contributed by atoms with E-state index in [4.69, 9.17) is 28.3 Å². The summed E-state index contributed by atoms with van der Waals surface area (Å²) in [6.45, 7) is 0.745. The van der Waals surface area contributed by atoms with Crippen LogP contribution in [0.25, 0.3) is 11.0 Å². The Balaban J connectivity index is 0.000000239. The molecule has 0 saturated carbocycles. The van der Waals surface area contributed by atoms with Crippen molar-refractivity contribution in [2.24, 2.45) is 0 Å². The third kappa shape index (κ3) is 4.94. The van der Waals surface area contributed by atoms with Crippen LogP contribution < -0.4 is 0 Å². The molecule has 3 aromatic rings. The Labute approximate surface area is 190 Å². The van der Waals surface area contributed by atoms with E-state index in [0.717, 1.165) is 25.1 Å². The molecule has 0 radical (unpaired) electrons. The van der Waals surface area contributed by atoms with Gasteiger partial charge in [-0.05, 0) is 37.1 Å². The van der Waals surface area contributed by atoms with Crippen LogP contribution in [0.3, 0.4) is 0 Å². The molecule has 0 amide bonds. The molecule has 4 rings (SSSR count). The molecular formula is C20H20Cl2N2O4S2. The summed E-state index contributed by atoms with van der Waals surface area (Å²) in [4.78, 5) is 16.3. The first-order valence-electron chi connectivity index (χ1n) is 9.12. The van der Waals surface area contributed by atoms with Gasteiger partial charge in [-0.2, -0.15) is 0 Å². The molecule has 3 heterocycles. The van der Waals surface area contributed by atoms with Crippen molar-refractivity contribution < 1.29 is 18.3 Å². The third-order valence-corrected chi connectivity index (χ3v) is 7.37. The summed E-state index contributed by atoms with van der Waals surface area (Å²) >= 11 is 15.4. The molecule has 10 heteroatoms. The maximum absolute atomic E-state index is 11.9. The topological polar surface area (TPSA) is 89.3 Å². The first-order chi connectivity index (χ1) is 14.1. The number of hydrogen-bond donors (Lipinski definition) is 2. The minimum absolute atomic E-state index is 0.0600. The van der Waals surface area contributed by atoms with Crippen molar-refractivity contribution in [2.75, 3.05) is 6.26 Å². The lowest BCUT2D eigenvalue weighted by molar-refractivity contribution is -0.137. The van der Waals surface area contributed by atoms with Crippen LogP contribution in [0.2, 0.25) is 10.0 Å². The third-order valence-electron chi connectivity index (χ3n) is 4.89. The molecule has 30 heavy (non-hydrogen) atoms. The van der Waals surface area contributed by atoms with E-state index in [1.807, 2.05) is 4.57 Å². The molecule has 1 aromatic carbocycles. The summed E-state index contributed by atoms with van der Waals surface area (Å²) in [7, 11) is -3.34. The largest absolute Gasteiger partial charge is 0.481 e. The van der Waals surface area contributed by atoms with Crippen LogP contribution in [-0.2, 0) is 21.2 Å². The van der Waals surface area contributed by atoms with Gasteiger partial charge in [-0.3, -0.25) is 4.79 Å². The first kappa shape index (κ1) is 22.9. The molecule has 0 spiro atoms. The standard InChI is InChI=1S/C14H16N2O4S.C6H4Cl2S/c1-21(19,20)12-4-5-15-14-10(12)8-11-9(7-13(17)18)3-2-6-16(11)14;7-4-2-1-3-5(9)6(4)8/h4-5,8-9H,2-3,6-7H2,1H3,(H,17,18);1-3,9H. The lowest BCUT2D eigenvalue weighted by Gasteiger charge is -2.23. The molecule has 1 unspecified atom stereocenters. The van der Waals surface area contributed by atoms with Gasteiger partial charge in [-0.25, -0.2) is 13.4 Å². The smallest absolute Gasteiger partial charge is 0.304 e. The summed E-state index contributed by atoms with van der Waals surface area (Å²) in [6.07, 6.45) is 4.40. The van der Waals surface area contributed by atoms with E-state index in [2.05, 4.69) is 17.6 Å². The number of rotatable bonds is 3. The van der Waals surface area contributed by atoms with Crippen molar-refractivity contribution in [3.05, 3.63) is 52.3 Å². The monoisotopic (exact) mass is 486 g/mol. The van der Waals surface area contributed by atoms with Gasteiger partial charge in [0.15, 0.2) is 9.84 Å². The van der Waals surface area contributed by atoms with E-state index in [1.165, 1.54) is 18.5 Å². The fraction of sp³-hybridized carbons (Fsp3) is 0.300. The van der Waals surface area contributed by atoms with Crippen LogP contribution in [0.15, 0.2) is 46.3 Å². The number of benzene rings is 1. The molecule has 0 bridgehead atoms. The zero-order chi connectivity index (χ0) is 22.1. The average molecular weight is 487 g/mol. The predicted octanol–water partition coefficient (Wildman–Crippen LogP) is 5.07. The Morgan fingerprint density at radius 3 is 2.67 bits per heavy atom. The van der Waals surface area contributed by atoms with Crippen molar-refractivity contribution in [2.45, 2.75) is 41.5 Å². The highest BCUT2D eigenvalue weighted by molar-refractivity contribution is 7.91. The number of aromatic nitrogens is 2. The molecule has 1 atom stereocenters. The van der Waals surface area contributed by atoms with Gasteiger partial charge >= 0.3 is 5.97 Å². The summed E-state index contributed by atoms with van der Waals surface area (Å²) in [5.41, 5.74) is 1.50. The van der Waals surface area contributed by atoms with Crippen LogP contribution >= 0.6 is 35.8 Å². The van der Waals surface area contributed by atoms with Crippen LogP contribution in [0.5, 0.6) is 0 Å². The van der Waals surface area contributed by atoms with Gasteiger partial charge in [0.2, 0.25) is 0 Å². The number of hydrogen-bond acceptors (Lipinski definition) is 5. The fourth-order valence-electron chi connectivity index (χ4n) is 3.59. The number of nitrogens with zero attached hydrogens (tertiary/aromatic N) is 2. The van der Waals surface area contributed by atoms with Crippen molar-refractivity contribution in [1.82, 2.24) is 9.55 Å². The van der Waals surface area contributed by atoms with Crippen LogP contribution in [0.1, 0.15) is 30.9 Å². The van der Waals surface area contributed by atoms with Crippen LogP contribution in [0, 0.1) is 0 Å². The minimum Gasteiger partial charge on any atom is -0.481 e. The van der Waals surface area contributed by atoms with Crippen LogP contribution in [-0.4, -0.2) is 35.3 Å². The van der Waals surface area contributed by atoms with Crippen molar-refractivity contribution in [3.63, 3.8) is 0 Å². The molecule has 1 aliphatic rings. The molecule has 0 aliphatic carbocycles. The minimum atomic E-state index is -3.34. The summed E-state index contributed by atoms with van der Waals surface area (Å²) in [6, 6.07) is 8.61. The lowest BCUT2D eigenvalue weighted by atomic mass is 9.93. The number of aryl methyl sites for hydroxylation is 1. The van der Waals surface area contributed by atoms with E-state index in [1.54, 1.807) is 24.3 Å². The number of carboxylic acids is 1. The number of carbonyl (C=O) groups is 1. The second-order valence-corrected chi connectivity index (χ2v) is 10.3. The number of carboxylic acid groups (broad SMARTS) is 1. The number of halogens is 2. The predicted molar refractivity (Wildman–Crippen MR) is 121 cm³/mol. The number of thiol groups is 1. The van der Waals surface area contributed by atoms with E-state index in [-0.39, 0.29) is 17.2 Å². The SMILES string of the molecule is CS(=O)(=O)c1ccnc2c1cc1n2CCCC1CC(=O)O.Sc1cccc(Cl)c1Cl. The van der Waals surface area contributed by atoms with Gasteiger partial charge in [-0.15, -0.1) is 12.6 Å². The highest BCUT2D eigenvalue weighted by atomic mass is 35.5. The zero-order valence-corrected chi connectivity index (χ0v) is 19.3. The van der Waals surface area contributed by atoms with Crippen molar-refractivity contribution >= 4 is 62.7 Å². The number of fused-ring (bicyclic) bond motifs is 3. The van der Waals surface area contributed by atoms with E-state index >= 15 is 0 Å². The molecule has 1 N–H and O–H groups in total. The highest BCUT2D eigenvalue weighted by Gasteiger charge is 2.27. The maximum atomic E-state index is 11.9. The molecule has 1 aliphatic heterocycles. The van der Waals surface area contributed by atoms with Gasteiger partial charge in [0, 0.05) is 40.9 Å². The second-order valence-electron chi connectivity index (χ2n) is 7.05. The van der Waals surface area contributed by atoms with Crippen molar-refractivity contribution in [1.29, 1.82) is 0 Å². The molecule has 0 fully saturated rings. The number of sulfone groups is 1. The van der Waals surface area contributed by atoms with Gasteiger partial charge in [0.25, 0.3) is 0 Å². The Morgan fingerprint density at radius 1 is 1.33 bits per heavy atom. The van der Waals surface area contributed by atoms with Gasteiger partial charge in [0.1, 0.15) is 5.65 Å². The highest BCUT2D eigenvalue weighted by Crippen LogP contribution is 2.36. The summed E-state index contributed by atoms with van der Waals surface area (Å²) in [5, 5.41) is 10.7. The van der Waals surface area contributed by atoms with E-state index in [9.17, 15) is 13.2 Å². The molecule has 6 nitrogen and oxygen atoms in total. The summed E-state index contributed by atoms with van der Waals surface area (Å²) in [5.74, 6) is -0.923. The maximum Gasteiger partial charge on any atom is 0.304 e. The van der Waals surface area contributed by atoms with Crippen molar-refractivity contribution in [3.8, 4) is 0 Å². The molecule has 160 valence electrons. The Morgan fingerprint density at radius 2 is 2.07 bits per heavy atom. The van der Waals surface area contributed by atoms with Crippen LogP contribution in [0.4, 0.5) is 0 Å². The Bertz CT molecular complexity index is 1190. The Kier molecular flexibility index (Phi) is 7.02. The second kappa shape index (κ2) is 9.18. The Hall–Kier alpha value is -1.74. The normalized spacial score (nSPS) is 15.9. The van der Waals surface area contributed by atoms with Gasteiger partial charge < -0.3 is 9.67 Å². The number of aliphatic carboxylic acids is 1. The first-order valence-corrected chi connectivity index (χ1v) is 12.2. The zero-order valence-electron chi connectivity index (χ0n) is 16.0. The molecular weight excluding hydrogens is 467 g/mol. The van der Waals surface area contributed by atoms with E-state index < -0.39 is 15.8 Å². The molecule has 0 saturated heterocycles. The van der Waals surface area contributed by atoms with Gasteiger partial charge in [0.05, 0.1) is 21.4 Å². The fourth-order valence-corrected chi connectivity index (χ4v) is 5.02. The van der Waals surface area contributed by atoms with E-state index in [0.29, 0.717) is 26.0 Å². The average Bonchev–Trinajstić information content (AvgIpc) is 3.05. The lowest BCUT2D eigenvalue weighted by Crippen LogP contribution is -2.17. The number of pyridine rings is 1. The summed E-state index contributed by atoms with van der Waals surface area (Å²) < 4.78 is 25.7. The quantitative estimate of drug-likeness (QED) is 0.504. The van der Waals surface area contributed by atoms with Gasteiger partial charge in [-0.1, -0.05) is 29.3 Å².